The molecule has 1 aromatic rings. The van der Waals surface area contributed by atoms with Crippen LogP contribution in [-0.4, -0.2) is 10.9 Å². The summed E-state index contributed by atoms with van der Waals surface area (Å²) in [6, 6.07) is 0.643. The van der Waals surface area contributed by atoms with E-state index in [1.807, 2.05) is 0 Å². The maximum Gasteiger partial charge on any atom is 0.417 e. The van der Waals surface area contributed by atoms with Gasteiger partial charge in [-0.05, 0) is 28.7 Å². The van der Waals surface area contributed by atoms with E-state index < -0.39 is 23.3 Å². The smallest absolute Gasteiger partial charge is 0.364 e. The minimum absolute atomic E-state index is 0.0694. The number of hydrogen-bond donors (Lipinski definition) is 1. The molecule has 0 aliphatic rings. The van der Waals surface area contributed by atoms with Gasteiger partial charge in [-0.3, -0.25) is 4.79 Å². The van der Waals surface area contributed by atoms with Gasteiger partial charge in [-0.15, -0.1) is 0 Å². The Bertz CT molecular complexity index is 378. The molecule has 1 heterocycles. The van der Waals surface area contributed by atoms with Gasteiger partial charge in [0.05, 0.1) is 5.56 Å². The van der Waals surface area contributed by atoms with E-state index in [9.17, 15) is 18.0 Å². The number of alkyl halides is 3. The van der Waals surface area contributed by atoms with Crippen molar-refractivity contribution in [2.45, 2.75) is 6.18 Å². The van der Waals surface area contributed by atoms with E-state index >= 15 is 0 Å². The fraction of sp³-hybridized carbons (Fsp3) is 0.143. The Balaban J connectivity index is 3.29. The van der Waals surface area contributed by atoms with Crippen LogP contribution >= 0.6 is 22.6 Å². The molecule has 0 radical (unpaired) electrons. The van der Waals surface area contributed by atoms with E-state index in [1.54, 1.807) is 0 Å². The molecule has 1 aromatic heterocycles. The Labute approximate surface area is 90.6 Å². The van der Waals surface area contributed by atoms with E-state index in [1.165, 1.54) is 22.6 Å². The third kappa shape index (κ3) is 2.34. The van der Waals surface area contributed by atoms with Gasteiger partial charge in [0.25, 0.3) is 5.91 Å². The number of halogens is 4. The van der Waals surface area contributed by atoms with Crippen LogP contribution in [0.4, 0.5) is 13.2 Å². The highest BCUT2D eigenvalue weighted by atomic mass is 127. The molecule has 0 fully saturated rings. The number of carbonyl (C=O) groups excluding carboxylic acids is 1. The van der Waals surface area contributed by atoms with Gasteiger partial charge in [-0.25, -0.2) is 4.98 Å². The molecule has 3 nitrogen and oxygen atoms in total. The zero-order valence-electron chi connectivity index (χ0n) is 6.60. The summed E-state index contributed by atoms with van der Waals surface area (Å²) in [7, 11) is 0. The lowest BCUT2D eigenvalue weighted by Crippen LogP contribution is -2.16. The fourth-order valence-corrected chi connectivity index (χ4v) is 1.39. The summed E-state index contributed by atoms with van der Waals surface area (Å²) in [5.41, 5.74) is 3.51. The molecule has 0 saturated carbocycles. The molecular weight excluding hydrogens is 312 g/mol. The second-order valence-electron chi connectivity index (χ2n) is 2.41. The van der Waals surface area contributed by atoms with E-state index in [2.05, 4.69) is 4.98 Å². The van der Waals surface area contributed by atoms with E-state index in [4.69, 9.17) is 5.73 Å². The molecule has 0 saturated heterocycles. The van der Waals surface area contributed by atoms with Crippen LogP contribution in [0.3, 0.4) is 0 Å². The van der Waals surface area contributed by atoms with Crippen LogP contribution in [-0.2, 0) is 6.18 Å². The van der Waals surface area contributed by atoms with Gasteiger partial charge >= 0.3 is 6.18 Å². The first kappa shape index (κ1) is 11.2. The Hall–Kier alpha value is -0.860. The van der Waals surface area contributed by atoms with E-state index in [0.29, 0.717) is 6.07 Å². The maximum absolute atomic E-state index is 12.3. The Morgan fingerprint density at radius 1 is 1.50 bits per heavy atom. The summed E-state index contributed by atoms with van der Waals surface area (Å²) < 4.78 is 36.9. The standard InChI is InChI=1S/C7H4F3IN2O/c8-7(9,10)3-1-5(6(12)14)13-2-4(3)11/h1-2H,(H2,12,14). The van der Waals surface area contributed by atoms with Gasteiger partial charge < -0.3 is 5.73 Å². The zero-order valence-corrected chi connectivity index (χ0v) is 8.76. The van der Waals surface area contributed by atoms with Gasteiger partial charge in [0.15, 0.2) is 0 Å². The van der Waals surface area contributed by atoms with Crippen molar-refractivity contribution in [3.63, 3.8) is 0 Å². The first-order valence-electron chi connectivity index (χ1n) is 3.35. The van der Waals surface area contributed by atoms with Crippen molar-refractivity contribution in [1.29, 1.82) is 0 Å². The summed E-state index contributed by atoms with van der Waals surface area (Å²) in [4.78, 5) is 14.1. The average molecular weight is 316 g/mol. The SMILES string of the molecule is NC(=O)c1cc(C(F)(F)F)c(I)cn1. The summed E-state index contributed by atoms with van der Waals surface area (Å²) >= 11 is 1.49. The first-order valence-corrected chi connectivity index (χ1v) is 4.43. The number of nitrogens with two attached hydrogens (primary N) is 1. The predicted octanol–water partition coefficient (Wildman–Crippen LogP) is 1.80. The highest BCUT2D eigenvalue weighted by molar-refractivity contribution is 14.1. The number of pyridine rings is 1. The summed E-state index contributed by atoms with van der Waals surface area (Å²) in [6.45, 7) is 0. The average Bonchev–Trinajstić information content (AvgIpc) is 2.02. The van der Waals surface area contributed by atoms with Crippen molar-refractivity contribution in [3.05, 3.63) is 27.1 Å². The van der Waals surface area contributed by atoms with Crippen molar-refractivity contribution in [1.82, 2.24) is 4.98 Å². The van der Waals surface area contributed by atoms with Crippen LogP contribution in [0.2, 0.25) is 0 Å². The van der Waals surface area contributed by atoms with Crippen LogP contribution in [0.5, 0.6) is 0 Å². The summed E-state index contributed by atoms with van der Waals surface area (Å²) in [5.74, 6) is -0.980. The number of rotatable bonds is 1. The maximum atomic E-state index is 12.3. The summed E-state index contributed by atoms with van der Waals surface area (Å²) in [5, 5.41) is 0. The van der Waals surface area contributed by atoms with Gasteiger partial charge in [0, 0.05) is 9.77 Å². The molecule has 1 rings (SSSR count). The van der Waals surface area contributed by atoms with Gasteiger partial charge in [0.1, 0.15) is 5.69 Å². The van der Waals surface area contributed by atoms with Crippen molar-refractivity contribution >= 4 is 28.5 Å². The van der Waals surface area contributed by atoms with Crippen molar-refractivity contribution in [2.24, 2.45) is 5.73 Å². The minimum Gasteiger partial charge on any atom is -0.364 e. The van der Waals surface area contributed by atoms with Crippen LogP contribution in [0.1, 0.15) is 16.1 Å². The Morgan fingerprint density at radius 3 is 2.50 bits per heavy atom. The second-order valence-corrected chi connectivity index (χ2v) is 3.57. The number of nitrogens with zero attached hydrogens (tertiary/aromatic N) is 1. The largest absolute Gasteiger partial charge is 0.417 e. The molecule has 76 valence electrons. The third-order valence-electron chi connectivity index (χ3n) is 1.41. The molecule has 0 atom stereocenters. The molecule has 7 heteroatoms. The Kier molecular flexibility index (Phi) is 2.98. The quantitative estimate of drug-likeness (QED) is 0.803. The monoisotopic (exact) mass is 316 g/mol. The lowest BCUT2D eigenvalue weighted by Gasteiger charge is -2.08. The summed E-state index contributed by atoms with van der Waals surface area (Å²) in [6.07, 6.45) is -3.53. The molecule has 14 heavy (non-hydrogen) atoms. The number of amides is 1. The number of carbonyl (C=O) groups is 1. The van der Waals surface area contributed by atoms with Crippen LogP contribution in [0.25, 0.3) is 0 Å². The van der Waals surface area contributed by atoms with Crippen molar-refractivity contribution in [2.75, 3.05) is 0 Å². The van der Waals surface area contributed by atoms with Crippen LogP contribution < -0.4 is 5.73 Å². The highest BCUT2D eigenvalue weighted by Crippen LogP contribution is 2.32. The first-order chi connectivity index (χ1) is 6.32. The minimum atomic E-state index is -4.50. The van der Waals surface area contributed by atoms with Crippen LogP contribution in [0.15, 0.2) is 12.3 Å². The second kappa shape index (κ2) is 3.71. The lowest BCUT2D eigenvalue weighted by molar-refractivity contribution is -0.138. The Morgan fingerprint density at radius 2 is 2.07 bits per heavy atom. The normalized spacial score (nSPS) is 11.4. The van der Waals surface area contributed by atoms with Crippen LogP contribution in [0, 0.1) is 3.57 Å². The molecule has 2 N–H and O–H groups in total. The molecule has 0 unspecified atom stereocenters. The predicted molar refractivity (Wildman–Crippen MR) is 50.5 cm³/mol. The van der Waals surface area contributed by atoms with Gasteiger partial charge in [-0.1, -0.05) is 0 Å². The molecular formula is C7H4F3IN2O. The molecule has 0 bridgehead atoms. The lowest BCUT2D eigenvalue weighted by atomic mass is 10.2. The molecule has 0 aliphatic heterocycles. The van der Waals surface area contributed by atoms with Gasteiger partial charge in [0.2, 0.25) is 0 Å². The van der Waals surface area contributed by atoms with Gasteiger partial charge in [-0.2, -0.15) is 13.2 Å². The van der Waals surface area contributed by atoms with E-state index in [0.717, 1.165) is 6.20 Å². The third-order valence-corrected chi connectivity index (χ3v) is 2.27. The van der Waals surface area contributed by atoms with E-state index in [-0.39, 0.29) is 3.57 Å². The molecule has 0 aromatic carbocycles. The molecule has 0 aliphatic carbocycles. The fourth-order valence-electron chi connectivity index (χ4n) is 0.791. The molecule has 0 spiro atoms. The molecule has 1 amide bonds. The van der Waals surface area contributed by atoms with Crippen molar-refractivity contribution < 1.29 is 18.0 Å². The topological polar surface area (TPSA) is 56.0 Å². The highest BCUT2D eigenvalue weighted by Gasteiger charge is 2.33. The van der Waals surface area contributed by atoms with Crippen molar-refractivity contribution in [3.8, 4) is 0 Å². The number of hydrogen-bond acceptors (Lipinski definition) is 2. The number of aromatic nitrogens is 1. The number of primary amides is 1. The zero-order chi connectivity index (χ0) is 10.9.